The molecular formula is C19H22N2O2S. The van der Waals surface area contributed by atoms with Crippen molar-refractivity contribution in [3.05, 3.63) is 65.7 Å². The van der Waals surface area contributed by atoms with E-state index in [0.717, 1.165) is 17.8 Å². The summed E-state index contributed by atoms with van der Waals surface area (Å²) < 4.78 is 0. The van der Waals surface area contributed by atoms with Crippen LogP contribution in [-0.4, -0.2) is 29.7 Å². The highest BCUT2D eigenvalue weighted by molar-refractivity contribution is 8.00. The van der Waals surface area contributed by atoms with Gasteiger partial charge in [0.1, 0.15) is 0 Å². The van der Waals surface area contributed by atoms with Crippen molar-refractivity contribution in [1.82, 2.24) is 5.32 Å². The van der Waals surface area contributed by atoms with Crippen LogP contribution in [0.5, 0.6) is 0 Å². The lowest BCUT2D eigenvalue weighted by molar-refractivity contribution is -0.113. The molecule has 0 aliphatic heterocycles. The molecule has 0 atom stereocenters. The van der Waals surface area contributed by atoms with Gasteiger partial charge in [-0.3, -0.25) is 9.59 Å². The van der Waals surface area contributed by atoms with Crippen LogP contribution in [0.15, 0.2) is 54.6 Å². The van der Waals surface area contributed by atoms with Crippen LogP contribution in [0.3, 0.4) is 0 Å². The number of carbonyl (C=O) groups excluding carboxylic acids is 2. The molecule has 0 aliphatic carbocycles. The molecule has 0 saturated heterocycles. The van der Waals surface area contributed by atoms with Crippen molar-refractivity contribution in [3.63, 3.8) is 0 Å². The van der Waals surface area contributed by atoms with E-state index in [1.165, 1.54) is 11.8 Å². The molecule has 2 rings (SSSR count). The largest absolute Gasteiger partial charge is 0.325 e. The average Bonchev–Trinajstić information content (AvgIpc) is 2.61. The van der Waals surface area contributed by atoms with E-state index in [1.54, 1.807) is 12.1 Å². The van der Waals surface area contributed by atoms with Gasteiger partial charge in [-0.15, -0.1) is 11.8 Å². The number of benzene rings is 2. The van der Waals surface area contributed by atoms with Gasteiger partial charge in [-0.1, -0.05) is 55.5 Å². The number of amides is 1. The molecule has 2 aromatic carbocycles. The summed E-state index contributed by atoms with van der Waals surface area (Å²) in [5.41, 5.74) is 2.55. The molecule has 5 heteroatoms. The number of para-hydroxylation sites is 1. The lowest BCUT2D eigenvalue weighted by Crippen LogP contribution is -2.19. The fraction of sp³-hybridized carbons (Fsp3) is 0.263. The van der Waals surface area contributed by atoms with E-state index in [1.807, 2.05) is 49.4 Å². The van der Waals surface area contributed by atoms with E-state index in [9.17, 15) is 9.59 Å². The first kappa shape index (κ1) is 18.2. The van der Waals surface area contributed by atoms with Crippen molar-refractivity contribution in [3.8, 4) is 0 Å². The topological polar surface area (TPSA) is 58.2 Å². The summed E-state index contributed by atoms with van der Waals surface area (Å²) >= 11 is 1.33. The van der Waals surface area contributed by atoms with E-state index in [4.69, 9.17) is 0 Å². The number of hydrogen-bond donors (Lipinski definition) is 2. The van der Waals surface area contributed by atoms with E-state index < -0.39 is 0 Å². The second kappa shape index (κ2) is 9.90. The molecule has 0 bridgehead atoms. The monoisotopic (exact) mass is 342 g/mol. The second-order valence-corrected chi connectivity index (χ2v) is 6.25. The Morgan fingerprint density at radius 3 is 2.42 bits per heavy atom. The Balaban J connectivity index is 1.80. The third-order valence-electron chi connectivity index (χ3n) is 3.42. The first-order valence-electron chi connectivity index (χ1n) is 7.95. The van der Waals surface area contributed by atoms with Gasteiger partial charge < -0.3 is 10.6 Å². The van der Waals surface area contributed by atoms with Gasteiger partial charge in [-0.25, -0.2) is 0 Å². The van der Waals surface area contributed by atoms with Crippen LogP contribution >= 0.6 is 11.8 Å². The molecule has 0 aliphatic rings. The maximum Gasteiger partial charge on any atom is 0.234 e. The highest BCUT2D eigenvalue weighted by Crippen LogP contribution is 2.15. The average molecular weight is 342 g/mol. The highest BCUT2D eigenvalue weighted by Gasteiger charge is 2.09. The Morgan fingerprint density at radius 1 is 0.958 bits per heavy atom. The van der Waals surface area contributed by atoms with Gasteiger partial charge in [0.25, 0.3) is 0 Å². The Labute approximate surface area is 147 Å². The van der Waals surface area contributed by atoms with Gasteiger partial charge in [-0.05, 0) is 18.2 Å². The summed E-state index contributed by atoms with van der Waals surface area (Å²) in [7, 11) is 0. The Bertz CT molecular complexity index is 674. The first-order valence-corrected chi connectivity index (χ1v) is 9.10. The molecule has 0 saturated carbocycles. The number of rotatable bonds is 9. The molecule has 1 amide bonds. The lowest BCUT2D eigenvalue weighted by atomic mass is 10.1. The molecule has 126 valence electrons. The molecule has 0 radical (unpaired) electrons. The number of nitrogens with one attached hydrogen (secondary N) is 2. The molecule has 4 nitrogen and oxygen atoms in total. The van der Waals surface area contributed by atoms with Gasteiger partial charge in [0.2, 0.25) is 5.91 Å². The third-order valence-corrected chi connectivity index (χ3v) is 4.35. The van der Waals surface area contributed by atoms with E-state index in [2.05, 4.69) is 10.6 Å². The SMILES string of the molecule is CCNCc1ccccc1NC(=O)CSCC(=O)c1ccccc1. The van der Waals surface area contributed by atoms with Crippen molar-refractivity contribution in [1.29, 1.82) is 0 Å². The predicted octanol–water partition coefficient (Wildman–Crippen LogP) is 3.35. The molecule has 24 heavy (non-hydrogen) atoms. The van der Waals surface area contributed by atoms with Crippen molar-refractivity contribution in [2.24, 2.45) is 0 Å². The summed E-state index contributed by atoms with van der Waals surface area (Å²) in [5.74, 6) is 0.510. The number of anilines is 1. The summed E-state index contributed by atoms with van der Waals surface area (Å²) in [6, 6.07) is 16.9. The van der Waals surface area contributed by atoms with Crippen LogP contribution < -0.4 is 10.6 Å². The quantitative estimate of drug-likeness (QED) is 0.686. The zero-order chi connectivity index (χ0) is 17.2. The number of carbonyl (C=O) groups is 2. The zero-order valence-electron chi connectivity index (χ0n) is 13.7. The van der Waals surface area contributed by atoms with Crippen molar-refractivity contribution in [2.75, 3.05) is 23.4 Å². The maximum atomic E-state index is 12.1. The summed E-state index contributed by atoms with van der Waals surface area (Å²) in [6.45, 7) is 3.63. The minimum Gasteiger partial charge on any atom is -0.325 e. The summed E-state index contributed by atoms with van der Waals surface area (Å²) in [4.78, 5) is 24.1. The van der Waals surface area contributed by atoms with Crippen molar-refractivity contribution in [2.45, 2.75) is 13.5 Å². The molecule has 0 aromatic heterocycles. The van der Waals surface area contributed by atoms with Gasteiger partial charge >= 0.3 is 0 Å². The summed E-state index contributed by atoms with van der Waals surface area (Å²) in [5, 5.41) is 6.18. The molecule has 0 fully saturated rings. The molecule has 0 unspecified atom stereocenters. The van der Waals surface area contributed by atoms with Crippen LogP contribution in [0, 0.1) is 0 Å². The van der Waals surface area contributed by atoms with Gasteiger partial charge in [0.05, 0.1) is 11.5 Å². The normalized spacial score (nSPS) is 10.4. The fourth-order valence-corrected chi connectivity index (χ4v) is 2.90. The van der Waals surface area contributed by atoms with Crippen LogP contribution in [0.1, 0.15) is 22.8 Å². The molecule has 2 aromatic rings. The maximum absolute atomic E-state index is 12.1. The van der Waals surface area contributed by atoms with Gasteiger partial charge in [0, 0.05) is 17.8 Å². The van der Waals surface area contributed by atoms with E-state index >= 15 is 0 Å². The highest BCUT2D eigenvalue weighted by atomic mass is 32.2. The third kappa shape index (κ3) is 5.83. The van der Waals surface area contributed by atoms with Crippen LogP contribution in [-0.2, 0) is 11.3 Å². The van der Waals surface area contributed by atoms with E-state index in [-0.39, 0.29) is 17.4 Å². The van der Waals surface area contributed by atoms with E-state index in [0.29, 0.717) is 17.9 Å². The van der Waals surface area contributed by atoms with Gasteiger partial charge in [-0.2, -0.15) is 0 Å². The van der Waals surface area contributed by atoms with Crippen LogP contribution in [0.4, 0.5) is 5.69 Å². The predicted molar refractivity (Wildman–Crippen MR) is 101 cm³/mol. The Hall–Kier alpha value is -2.11. The summed E-state index contributed by atoms with van der Waals surface area (Å²) in [6.07, 6.45) is 0. The molecular weight excluding hydrogens is 320 g/mol. The standard InChI is InChI=1S/C19H22N2O2S/c1-2-20-12-16-10-6-7-11-17(16)21-19(23)14-24-13-18(22)15-8-4-3-5-9-15/h3-11,20H,2,12-14H2,1H3,(H,21,23). The first-order chi connectivity index (χ1) is 11.7. The zero-order valence-corrected chi connectivity index (χ0v) is 14.6. The Morgan fingerprint density at radius 2 is 1.67 bits per heavy atom. The Kier molecular flexibility index (Phi) is 7.52. The lowest BCUT2D eigenvalue weighted by Gasteiger charge is -2.11. The number of thioether (sulfide) groups is 1. The van der Waals surface area contributed by atoms with Gasteiger partial charge in [0.15, 0.2) is 5.78 Å². The second-order valence-electron chi connectivity index (χ2n) is 5.27. The minimum absolute atomic E-state index is 0.0425. The molecule has 0 heterocycles. The molecule has 2 N–H and O–H groups in total. The van der Waals surface area contributed by atoms with Crippen LogP contribution in [0.2, 0.25) is 0 Å². The number of ketones is 1. The molecule has 0 spiro atoms. The smallest absolute Gasteiger partial charge is 0.234 e. The van der Waals surface area contributed by atoms with Crippen molar-refractivity contribution < 1.29 is 9.59 Å². The minimum atomic E-state index is -0.0928. The number of Topliss-reactive ketones (excluding diaryl/α,β-unsaturated/α-hetero) is 1. The number of hydrogen-bond acceptors (Lipinski definition) is 4. The van der Waals surface area contributed by atoms with Crippen LogP contribution in [0.25, 0.3) is 0 Å². The fourth-order valence-electron chi connectivity index (χ4n) is 2.19. The van der Waals surface area contributed by atoms with Crippen molar-refractivity contribution >= 4 is 29.1 Å².